The Balaban J connectivity index is 1.42. The van der Waals surface area contributed by atoms with Gasteiger partial charge < -0.3 is 25.0 Å². The van der Waals surface area contributed by atoms with Crippen LogP contribution in [0.2, 0.25) is 0 Å². The van der Waals surface area contributed by atoms with Gasteiger partial charge in [0, 0.05) is 38.4 Å². The highest BCUT2D eigenvalue weighted by Crippen LogP contribution is 2.29. The molecule has 2 amide bonds. The van der Waals surface area contributed by atoms with Crippen molar-refractivity contribution in [1.82, 2.24) is 19.8 Å². The van der Waals surface area contributed by atoms with Crippen LogP contribution in [0.5, 0.6) is 5.88 Å². The van der Waals surface area contributed by atoms with E-state index in [-0.39, 0.29) is 12.5 Å². The molecule has 4 rings (SSSR count). The number of hydrogen-bond donors (Lipinski definition) is 2. The molecular formula is C23H27N5O4. The zero-order chi connectivity index (χ0) is 22.5. The maximum atomic E-state index is 13.0. The number of hydrogen-bond acceptors (Lipinski definition) is 6. The SMILES string of the molecule is COc1ccc([C@H](CC(=O)O)N2CCN(CC=Cc3ccc4c(n3)NCCC4)C2=O)cn1. The summed E-state index contributed by atoms with van der Waals surface area (Å²) < 4.78 is 5.07. The normalized spacial score (nSPS) is 16.7. The van der Waals surface area contributed by atoms with E-state index in [1.54, 1.807) is 28.1 Å². The molecule has 1 fully saturated rings. The number of rotatable bonds is 8. The summed E-state index contributed by atoms with van der Waals surface area (Å²) in [6.45, 7) is 2.36. The minimum atomic E-state index is -0.968. The van der Waals surface area contributed by atoms with E-state index in [0.29, 0.717) is 31.1 Å². The van der Waals surface area contributed by atoms with Crippen molar-refractivity contribution < 1.29 is 19.4 Å². The van der Waals surface area contributed by atoms with Crippen molar-refractivity contribution in [3.63, 3.8) is 0 Å². The lowest BCUT2D eigenvalue weighted by atomic mass is 10.0. The van der Waals surface area contributed by atoms with Crippen LogP contribution in [0.1, 0.15) is 35.7 Å². The number of aryl methyl sites for hydroxylation is 1. The Labute approximate surface area is 186 Å². The molecule has 2 aliphatic heterocycles. The summed E-state index contributed by atoms with van der Waals surface area (Å²) in [6.07, 6.45) is 7.37. The number of carboxylic acid groups (broad SMARTS) is 1. The fourth-order valence-corrected chi connectivity index (χ4v) is 4.08. The van der Waals surface area contributed by atoms with Crippen molar-refractivity contribution >= 4 is 23.9 Å². The minimum absolute atomic E-state index is 0.184. The van der Waals surface area contributed by atoms with Crippen LogP contribution in [0.4, 0.5) is 10.6 Å². The zero-order valence-electron chi connectivity index (χ0n) is 18.0. The molecule has 2 aromatic heterocycles. The van der Waals surface area contributed by atoms with Crippen LogP contribution in [0, 0.1) is 0 Å². The summed E-state index contributed by atoms with van der Waals surface area (Å²) in [5.41, 5.74) is 2.75. The second kappa shape index (κ2) is 9.67. The van der Waals surface area contributed by atoms with Crippen molar-refractivity contribution in [2.75, 3.05) is 38.6 Å². The van der Waals surface area contributed by atoms with Crippen LogP contribution in [-0.2, 0) is 11.2 Å². The van der Waals surface area contributed by atoms with Crippen molar-refractivity contribution in [2.24, 2.45) is 0 Å². The smallest absolute Gasteiger partial charge is 0.320 e. The molecule has 2 aromatic rings. The number of urea groups is 1. The molecule has 0 aromatic carbocycles. The molecule has 0 spiro atoms. The van der Waals surface area contributed by atoms with E-state index in [2.05, 4.69) is 21.4 Å². The van der Waals surface area contributed by atoms with E-state index in [9.17, 15) is 14.7 Å². The first-order valence-electron chi connectivity index (χ1n) is 10.7. The fraction of sp³-hybridized carbons (Fsp3) is 0.391. The highest BCUT2D eigenvalue weighted by atomic mass is 16.5. The van der Waals surface area contributed by atoms with Crippen molar-refractivity contribution in [1.29, 1.82) is 0 Å². The lowest BCUT2D eigenvalue weighted by Crippen LogP contribution is -2.35. The van der Waals surface area contributed by atoms with Crippen LogP contribution in [0.25, 0.3) is 6.08 Å². The third-order valence-electron chi connectivity index (χ3n) is 5.75. The van der Waals surface area contributed by atoms with Gasteiger partial charge in [0.2, 0.25) is 5.88 Å². The van der Waals surface area contributed by atoms with Crippen molar-refractivity contribution in [3.05, 3.63) is 53.4 Å². The van der Waals surface area contributed by atoms with Gasteiger partial charge in [-0.05, 0) is 36.1 Å². The third kappa shape index (κ3) is 4.82. The Bertz CT molecular complexity index is 1010. The van der Waals surface area contributed by atoms with Crippen LogP contribution in [0.15, 0.2) is 36.5 Å². The van der Waals surface area contributed by atoms with Gasteiger partial charge in [0.25, 0.3) is 0 Å². The summed E-state index contributed by atoms with van der Waals surface area (Å²) in [7, 11) is 1.52. The number of ether oxygens (including phenoxy) is 1. The summed E-state index contributed by atoms with van der Waals surface area (Å²) in [5, 5.41) is 12.7. The Hall–Kier alpha value is -3.62. The maximum absolute atomic E-state index is 13.0. The van der Waals surface area contributed by atoms with Gasteiger partial charge in [0.15, 0.2) is 0 Å². The molecule has 32 heavy (non-hydrogen) atoms. The average molecular weight is 438 g/mol. The molecule has 1 saturated heterocycles. The molecule has 0 aliphatic carbocycles. The monoisotopic (exact) mass is 437 g/mol. The first kappa shape index (κ1) is 21.6. The molecule has 9 nitrogen and oxygen atoms in total. The maximum Gasteiger partial charge on any atom is 0.320 e. The highest BCUT2D eigenvalue weighted by Gasteiger charge is 2.35. The van der Waals surface area contributed by atoms with Crippen LogP contribution < -0.4 is 10.1 Å². The molecule has 168 valence electrons. The van der Waals surface area contributed by atoms with Gasteiger partial charge in [-0.25, -0.2) is 14.8 Å². The number of nitrogens with zero attached hydrogens (tertiary/aromatic N) is 4. The lowest BCUT2D eigenvalue weighted by molar-refractivity contribution is -0.138. The number of carboxylic acids is 1. The lowest BCUT2D eigenvalue weighted by Gasteiger charge is -2.27. The van der Waals surface area contributed by atoms with E-state index in [4.69, 9.17) is 4.74 Å². The number of methoxy groups -OCH3 is 1. The summed E-state index contributed by atoms with van der Waals surface area (Å²) in [5.74, 6) is 0.406. The van der Waals surface area contributed by atoms with Crippen molar-refractivity contribution in [3.8, 4) is 5.88 Å². The van der Waals surface area contributed by atoms with E-state index in [0.717, 1.165) is 30.9 Å². The highest BCUT2D eigenvalue weighted by molar-refractivity contribution is 5.78. The van der Waals surface area contributed by atoms with Gasteiger partial charge in [-0.15, -0.1) is 0 Å². The molecule has 0 unspecified atom stereocenters. The van der Waals surface area contributed by atoms with Gasteiger partial charge >= 0.3 is 12.0 Å². The van der Waals surface area contributed by atoms with E-state index in [1.807, 2.05) is 18.2 Å². The van der Waals surface area contributed by atoms with Gasteiger partial charge in [-0.3, -0.25) is 4.79 Å². The predicted octanol–water partition coefficient (Wildman–Crippen LogP) is 2.81. The molecule has 9 heteroatoms. The molecule has 1 atom stereocenters. The number of nitrogens with one attached hydrogen (secondary N) is 1. The molecule has 4 heterocycles. The first-order chi connectivity index (χ1) is 15.5. The second-order valence-electron chi connectivity index (χ2n) is 7.85. The number of carbonyl (C=O) groups excluding carboxylic acids is 1. The third-order valence-corrected chi connectivity index (χ3v) is 5.75. The topological polar surface area (TPSA) is 108 Å². The number of aliphatic carboxylic acids is 1. The van der Waals surface area contributed by atoms with Gasteiger partial charge in [0.05, 0.1) is 25.3 Å². The standard InChI is InChI=1S/C23H27N5O4/c1-32-20-9-7-17(15-25-20)19(14-21(29)30)28-13-12-27(23(28)31)11-3-5-18-8-6-16-4-2-10-24-22(16)26-18/h3,5-9,15,19H,2,4,10-14H2,1H3,(H,24,26)(H,29,30)/t19-/m0/s1. The van der Waals surface area contributed by atoms with Crippen LogP contribution in [0.3, 0.4) is 0 Å². The number of pyridine rings is 2. The average Bonchev–Trinajstić information content (AvgIpc) is 3.17. The number of anilines is 1. The summed E-state index contributed by atoms with van der Waals surface area (Å²) in [6, 6.07) is 6.74. The second-order valence-corrected chi connectivity index (χ2v) is 7.85. The van der Waals surface area contributed by atoms with E-state index in [1.165, 1.54) is 12.7 Å². The molecule has 2 N–H and O–H groups in total. The Kier molecular flexibility index (Phi) is 6.53. The number of fused-ring (bicyclic) bond motifs is 1. The Morgan fingerprint density at radius 2 is 2.19 bits per heavy atom. The van der Waals surface area contributed by atoms with E-state index >= 15 is 0 Å². The molecule has 0 bridgehead atoms. The molecule has 0 radical (unpaired) electrons. The quantitative estimate of drug-likeness (QED) is 0.654. The minimum Gasteiger partial charge on any atom is -0.481 e. The number of carbonyl (C=O) groups is 2. The largest absolute Gasteiger partial charge is 0.481 e. The molecular weight excluding hydrogens is 410 g/mol. The number of amides is 2. The molecule has 2 aliphatic rings. The Morgan fingerprint density at radius 1 is 1.31 bits per heavy atom. The van der Waals surface area contributed by atoms with Gasteiger partial charge in [0.1, 0.15) is 5.82 Å². The van der Waals surface area contributed by atoms with E-state index < -0.39 is 12.0 Å². The van der Waals surface area contributed by atoms with Crippen molar-refractivity contribution in [2.45, 2.75) is 25.3 Å². The molecule has 0 saturated carbocycles. The summed E-state index contributed by atoms with van der Waals surface area (Å²) >= 11 is 0. The van der Waals surface area contributed by atoms with Gasteiger partial charge in [-0.2, -0.15) is 0 Å². The van der Waals surface area contributed by atoms with Crippen LogP contribution >= 0.6 is 0 Å². The Morgan fingerprint density at radius 3 is 2.94 bits per heavy atom. The number of aromatic nitrogens is 2. The zero-order valence-corrected chi connectivity index (χ0v) is 18.0. The van der Waals surface area contributed by atoms with Gasteiger partial charge in [-0.1, -0.05) is 18.2 Å². The first-order valence-corrected chi connectivity index (χ1v) is 10.7. The van der Waals surface area contributed by atoms with Crippen LogP contribution in [-0.4, -0.2) is 70.2 Å². The fourth-order valence-electron chi connectivity index (χ4n) is 4.08. The summed E-state index contributed by atoms with van der Waals surface area (Å²) in [4.78, 5) is 36.6. The predicted molar refractivity (Wildman–Crippen MR) is 120 cm³/mol.